The first-order valence-electron chi connectivity index (χ1n) is 5.85. The summed E-state index contributed by atoms with van der Waals surface area (Å²) in [5, 5.41) is 8.76. The van der Waals surface area contributed by atoms with Gasteiger partial charge in [-0.25, -0.2) is 0 Å². The van der Waals surface area contributed by atoms with E-state index in [1.54, 1.807) is 0 Å². The predicted octanol–water partition coefficient (Wildman–Crippen LogP) is 2.89. The molecule has 0 radical (unpaired) electrons. The molecule has 0 spiro atoms. The maximum absolute atomic E-state index is 11.3. The van der Waals surface area contributed by atoms with Crippen molar-refractivity contribution in [3.63, 3.8) is 0 Å². The largest absolute Gasteiger partial charge is 0.387 e. The molecule has 1 aliphatic carbocycles. The van der Waals surface area contributed by atoms with Crippen LogP contribution in [0.2, 0.25) is 0 Å². The van der Waals surface area contributed by atoms with Gasteiger partial charge in [-0.05, 0) is 30.6 Å². The highest BCUT2D eigenvalue weighted by Gasteiger charge is 2.32. The van der Waals surface area contributed by atoms with E-state index in [0.29, 0.717) is 17.8 Å². The van der Waals surface area contributed by atoms with E-state index in [0.717, 1.165) is 12.8 Å². The van der Waals surface area contributed by atoms with E-state index in [2.05, 4.69) is 20.8 Å². The summed E-state index contributed by atoms with van der Waals surface area (Å²) in [5.74, 6) is 1.72. The molecule has 0 aromatic rings. The Hall–Kier alpha value is 0.150. The van der Waals surface area contributed by atoms with Gasteiger partial charge in [0.05, 0.1) is 6.10 Å². The van der Waals surface area contributed by atoms with Crippen molar-refractivity contribution >= 4 is 8.03 Å². The van der Waals surface area contributed by atoms with Gasteiger partial charge in [0.1, 0.15) is 6.35 Å². The second-order valence-electron chi connectivity index (χ2n) is 5.01. The highest BCUT2D eigenvalue weighted by atomic mass is 31.1. The van der Waals surface area contributed by atoms with E-state index in [-0.39, 0.29) is 12.5 Å². The zero-order valence-electron chi connectivity index (χ0n) is 9.90. The smallest absolute Gasteiger partial charge is 0.216 e. The normalized spacial score (nSPS) is 34.3. The molecule has 1 aliphatic rings. The molecule has 90 valence electrons. The molecule has 0 bridgehead atoms. The molecule has 0 saturated heterocycles. The third kappa shape index (κ3) is 3.90. The Bertz CT molecular complexity index is 218. The minimum Gasteiger partial charge on any atom is -0.387 e. The summed E-state index contributed by atoms with van der Waals surface area (Å²) >= 11 is 0. The van der Waals surface area contributed by atoms with Crippen LogP contribution in [0.25, 0.3) is 0 Å². The summed E-state index contributed by atoms with van der Waals surface area (Å²) in [5.41, 5.74) is 0. The van der Waals surface area contributed by atoms with Gasteiger partial charge in [0.15, 0.2) is 0 Å². The van der Waals surface area contributed by atoms with E-state index in [1.807, 2.05) is 0 Å². The quantitative estimate of drug-likeness (QED) is 0.761. The molecule has 1 N–H and O–H groups in total. The van der Waals surface area contributed by atoms with Gasteiger partial charge in [-0.2, -0.15) is 0 Å². The summed E-state index contributed by atoms with van der Waals surface area (Å²) in [6.45, 7) is 6.59. The zero-order valence-corrected chi connectivity index (χ0v) is 10.9. The second kappa shape index (κ2) is 6.03. The molecule has 0 aromatic carbocycles. The number of aliphatic hydroxyl groups excluding tert-OH is 1. The Kier molecular flexibility index (Phi) is 5.31. The molecule has 0 aliphatic heterocycles. The van der Waals surface area contributed by atoms with E-state index >= 15 is 0 Å². The maximum atomic E-state index is 11.3. The highest BCUT2D eigenvalue weighted by Crippen LogP contribution is 2.39. The first kappa shape index (κ1) is 13.2. The molecule has 4 atom stereocenters. The van der Waals surface area contributed by atoms with Gasteiger partial charge in [0.2, 0.25) is 8.03 Å². The van der Waals surface area contributed by atoms with Crippen molar-refractivity contribution < 1.29 is 14.2 Å². The lowest BCUT2D eigenvalue weighted by atomic mass is 9.75. The average molecular weight is 234 g/mol. The summed E-state index contributed by atoms with van der Waals surface area (Å²) < 4.78 is 16.7. The van der Waals surface area contributed by atoms with Gasteiger partial charge in [-0.15, -0.1) is 0 Å². The summed E-state index contributed by atoms with van der Waals surface area (Å²) in [7, 11) is -2.21. The topological polar surface area (TPSA) is 46.5 Å². The van der Waals surface area contributed by atoms with E-state index in [1.165, 1.54) is 6.42 Å². The molecular formula is C11H23O3P. The van der Waals surface area contributed by atoms with Crippen LogP contribution in [-0.4, -0.2) is 17.6 Å². The van der Waals surface area contributed by atoms with Crippen LogP contribution >= 0.6 is 8.03 Å². The van der Waals surface area contributed by atoms with Crippen molar-refractivity contribution in [2.75, 3.05) is 6.35 Å². The van der Waals surface area contributed by atoms with E-state index < -0.39 is 8.03 Å². The standard InChI is InChI=1S/C11H23O3P/c1-8(2)10-5-4-9(3)6-11(10)14-15(13)7-12/h8-12,15H,4-7H2,1-3H3/t9-,10+,11-/m1/s1. The summed E-state index contributed by atoms with van der Waals surface area (Å²) in [6.07, 6.45) is 3.15. The minimum absolute atomic E-state index is 0.0901. The molecule has 4 heteroatoms. The van der Waals surface area contributed by atoms with Crippen LogP contribution < -0.4 is 0 Å². The van der Waals surface area contributed by atoms with E-state index in [9.17, 15) is 4.57 Å². The van der Waals surface area contributed by atoms with Crippen molar-refractivity contribution in [3.05, 3.63) is 0 Å². The molecule has 1 saturated carbocycles. The van der Waals surface area contributed by atoms with Crippen molar-refractivity contribution in [2.24, 2.45) is 17.8 Å². The molecule has 0 aromatic heterocycles. The fourth-order valence-corrected chi connectivity index (χ4v) is 3.14. The summed E-state index contributed by atoms with van der Waals surface area (Å²) in [6, 6.07) is 0. The molecule has 0 heterocycles. The van der Waals surface area contributed by atoms with Crippen LogP contribution in [0, 0.1) is 17.8 Å². The Morgan fingerprint density at radius 1 is 1.47 bits per heavy atom. The highest BCUT2D eigenvalue weighted by molar-refractivity contribution is 7.38. The Morgan fingerprint density at radius 2 is 2.13 bits per heavy atom. The molecule has 15 heavy (non-hydrogen) atoms. The van der Waals surface area contributed by atoms with Crippen LogP contribution in [0.4, 0.5) is 0 Å². The van der Waals surface area contributed by atoms with Gasteiger partial charge >= 0.3 is 0 Å². The second-order valence-corrected chi connectivity index (χ2v) is 6.31. The van der Waals surface area contributed by atoms with Crippen LogP contribution in [-0.2, 0) is 9.09 Å². The third-order valence-corrected chi connectivity index (χ3v) is 4.20. The molecule has 1 fully saturated rings. The molecule has 1 rings (SSSR count). The van der Waals surface area contributed by atoms with Crippen LogP contribution in [0.3, 0.4) is 0 Å². The van der Waals surface area contributed by atoms with E-state index in [4.69, 9.17) is 9.63 Å². The monoisotopic (exact) mass is 234 g/mol. The Balaban J connectivity index is 2.57. The van der Waals surface area contributed by atoms with Crippen LogP contribution in [0.5, 0.6) is 0 Å². The third-order valence-electron chi connectivity index (χ3n) is 3.37. The zero-order chi connectivity index (χ0) is 11.4. The first-order valence-corrected chi connectivity index (χ1v) is 7.37. The molecule has 0 amide bonds. The van der Waals surface area contributed by atoms with Crippen LogP contribution in [0.15, 0.2) is 0 Å². The SMILES string of the molecule is CC(C)[C@@H]1CC[C@@H](C)C[C@H]1O[PH](=O)CO. The lowest BCUT2D eigenvalue weighted by molar-refractivity contribution is 0.0500. The Morgan fingerprint density at radius 3 is 2.67 bits per heavy atom. The predicted molar refractivity (Wildman–Crippen MR) is 62.3 cm³/mol. The lowest BCUT2D eigenvalue weighted by Gasteiger charge is -2.36. The number of aliphatic hydroxyl groups is 1. The fourth-order valence-electron chi connectivity index (χ4n) is 2.46. The van der Waals surface area contributed by atoms with Crippen molar-refractivity contribution in [1.29, 1.82) is 0 Å². The Labute approximate surface area is 93.1 Å². The first-order chi connectivity index (χ1) is 7.04. The molecule has 1 unspecified atom stereocenters. The lowest BCUT2D eigenvalue weighted by Crippen LogP contribution is -2.32. The average Bonchev–Trinajstić information content (AvgIpc) is 2.17. The van der Waals surface area contributed by atoms with Gasteiger partial charge < -0.3 is 9.63 Å². The fraction of sp³-hybridized carbons (Fsp3) is 1.00. The maximum Gasteiger partial charge on any atom is 0.216 e. The number of hydrogen-bond donors (Lipinski definition) is 1. The van der Waals surface area contributed by atoms with Gasteiger partial charge in [-0.3, -0.25) is 4.57 Å². The summed E-state index contributed by atoms with van der Waals surface area (Å²) in [4.78, 5) is 0. The van der Waals surface area contributed by atoms with Gasteiger partial charge in [-0.1, -0.05) is 27.2 Å². The molecular weight excluding hydrogens is 211 g/mol. The number of rotatable bonds is 4. The number of hydrogen-bond acceptors (Lipinski definition) is 3. The van der Waals surface area contributed by atoms with Crippen molar-refractivity contribution in [3.8, 4) is 0 Å². The molecule has 3 nitrogen and oxygen atoms in total. The van der Waals surface area contributed by atoms with Gasteiger partial charge in [0.25, 0.3) is 0 Å². The van der Waals surface area contributed by atoms with Crippen LogP contribution in [0.1, 0.15) is 40.0 Å². The van der Waals surface area contributed by atoms with Crippen molar-refractivity contribution in [1.82, 2.24) is 0 Å². The van der Waals surface area contributed by atoms with Crippen molar-refractivity contribution in [2.45, 2.75) is 46.1 Å². The minimum atomic E-state index is -2.21. The van der Waals surface area contributed by atoms with Gasteiger partial charge in [0, 0.05) is 0 Å².